The molecule has 0 saturated carbocycles. The number of hydrogen-bond acceptors (Lipinski definition) is 2. The maximum Gasteiger partial charge on any atom is 0.418 e. The lowest BCUT2D eigenvalue weighted by Crippen LogP contribution is -2.10. The van der Waals surface area contributed by atoms with Crippen LogP contribution in [0.3, 0.4) is 0 Å². The molecule has 1 N–H and O–H groups in total. The summed E-state index contributed by atoms with van der Waals surface area (Å²) in [5.74, 6) is 0. The summed E-state index contributed by atoms with van der Waals surface area (Å²) in [4.78, 5) is 0. The monoisotopic (exact) mass is 255 g/mol. The normalized spacial score (nSPS) is 11.6. The number of rotatable bonds is 3. The van der Waals surface area contributed by atoms with Crippen molar-refractivity contribution in [2.75, 3.05) is 5.32 Å². The second kappa shape index (κ2) is 4.72. The van der Waals surface area contributed by atoms with Crippen LogP contribution in [-0.2, 0) is 19.8 Å². The number of para-hydroxylation sites is 1. The minimum Gasteiger partial charge on any atom is -0.380 e. The van der Waals surface area contributed by atoms with Crippen LogP contribution in [0.25, 0.3) is 0 Å². The van der Waals surface area contributed by atoms with E-state index >= 15 is 0 Å². The molecule has 0 amide bonds. The average Bonchev–Trinajstić information content (AvgIpc) is 2.72. The first-order valence-corrected chi connectivity index (χ1v) is 5.34. The van der Waals surface area contributed by atoms with Crippen LogP contribution in [0.15, 0.2) is 36.7 Å². The molecule has 0 bridgehead atoms. The Hall–Kier alpha value is -1.98. The molecule has 0 aliphatic carbocycles. The van der Waals surface area contributed by atoms with Gasteiger partial charge in [0, 0.05) is 31.0 Å². The van der Waals surface area contributed by atoms with Crippen LogP contribution in [0.1, 0.15) is 11.1 Å². The number of alkyl halides is 3. The summed E-state index contributed by atoms with van der Waals surface area (Å²) in [5.41, 5.74) is 0.247. The molecule has 96 valence electrons. The van der Waals surface area contributed by atoms with E-state index in [2.05, 4.69) is 10.4 Å². The predicted octanol–water partition coefficient (Wildman–Crippen LogP) is 3.05. The fourth-order valence-corrected chi connectivity index (χ4v) is 1.64. The van der Waals surface area contributed by atoms with Gasteiger partial charge in [-0.05, 0) is 12.1 Å². The Labute approximate surface area is 102 Å². The fourth-order valence-electron chi connectivity index (χ4n) is 1.64. The molecule has 1 heterocycles. The van der Waals surface area contributed by atoms with Crippen LogP contribution in [0.5, 0.6) is 0 Å². The van der Waals surface area contributed by atoms with Crippen molar-refractivity contribution < 1.29 is 13.2 Å². The smallest absolute Gasteiger partial charge is 0.380 e. The van der Waals surface area contributed by atoms with Gasteiger partial charge in [0.05, 0.1) is 11.8 Å². The van der Waals surface area contributed by atoms with Gasteiger partial charge in [-0.25, -0.2) is 0 Å². The Morgan fingerprint density at radius 3 is 2.61 bits per heavy atom. The molecule has 1 aromatic heterocycles. The van der Waals surface area contributed by atoms with Gasteiger partial charge in [-0.1, -0.05) is 12.1 Å². The Kier molecular flexibility index (Phi) is 3.27. The van der Waals surface area contributed by atoms with Crippen molar-refractivity contribution in [3.63, 3.8) is 0 Å². The molecule has 18 heavy (non-hydrogen) atoms. The van der Waals surface area contributed by atoms with Gasteiger partial charge in [-0.3, -0.25) is 4.68 Å². The molecule has 2 rings (SSSR count). The van der Waals surface area contributed by atoms with E-state index in [-0.39, 0.29) is 5.69 Å². The Balaban J connectivity index is 2.14. The third-order valence-corrected chi connectivity index (χ3v) is 2.47. The predicted molar refractivity (Wildman–Crippen MR) is 62.0 cm³/mol. The van der Waals surface area contributed by atoms with Crippen molar-refractivity contribution >= 4 is 5.69 Å². The molecule has 1 aromatic carbocycles. The van der Waals surface area contributed by atoms with Gasteiger partial charge >= 0.3 is 6.18 Å². The number of hydrogen-bond donors (Lipinski definition) is 1. The number of nitrogens with one attached hydrogen (secondary N) is 1. The van der Waals surface area contributed by atoms with E-state index in [0.29, 0.717) is 6.54 Å². The van der Waals surface area contributed by atoms with E-state index in [4.69, 9.17) is 0 Å². The Morgan fingerprint density at radius 1 is 1.28 bits per heavy atom. The van der Waals surface area contributed by atoms with Gasteiger partial charge in [0.25, 0.3) is 0 Å². The van der Waals surface area contributed by atoms with E-state index in [1.165, 1.54) is 12.1 Å². The lowest BCUT2D eigenvalue weighted by Gasteiger charge is -2.13. The first kappa shape index (κ1) is 12.5. The summed E-state index contributed by atoms with van der Waals surface area (Å²) in [7, 11) is 1.76. The van der Waals surface area contributed by atoms with Crippen LogP contribution < -0.4 is 5.32 Å². The van der Waals surface area contributed by atoms with Crippen molar-refractivity contribution in [1.82, 2.24) is 9.78 Å². The first-order valence-electron chi connectivity index (χ1n) is 5.34. The molecule has 3 nitrogen and oxygen atoms in total. The summed E-state index contributed by atoms with van der Waals surface area (Å²) in [6.07, 6.45) is -0.981. The number of halogens is 3. The van der Waals surface area contributed by atoms with Gasteiger partial charge in [0.15, 0.2) is 0 Å². The third-order valence-electron chi connectivity index (χ3n) is 2.47. The van der Waals surface area contributed by atoms with E-state index in [9.17, 15) is 13.2 Å². The second-order valence-corrected chi connectivity index (χ2v) is 3.92. The molecule has 6 heteroatoms. The van der Waals surface area contributed by atoms with E-state index < -0.39 is 11.7 Å². The lowest BCUT2D eigenvalue weighted by atomic mass is 10.1. The van der Waals surface area contributed by atoms with Crippen molar-refractivity contribution in [3.05, 3.63) is 47.8 Å². The molecule has 0 atom stereocenters. The molecule has 0 fully saturated rings. The second-order valence-electron chi connectivity index (χ2n) is 3.92. The lowest BCUT2D eigenvalue weighted by molar-refractivity contribution is -0.136. The molecule has 0 aliphatic rings. The highest BCUT2D eigenvalue weighted by Crippen LogP contribution is 2.34. The minimum absolute atomic E-state index is 0.0776. The van der Waals surface area contributed by atoms with Crippen LogP contribution in [0.4, 0.5) is 18.9 Å². The molecule has 0 radical (unpaired) electrons. The first-order chi connectivity index (χ1) is 8.47. The topological polar surface area (TPSA) is 29.9 Å². The number of anilines is 1. The third kappa shape index (κ3) is 2.82. The van der Waals surface area contributed by atoms with Crippen molar-refractivity contribution in [2.45, 2.75) is 12.7 Å². The molecule has 0 unspecified atom stereocenters. The number of nitrogens with zero attached hydrogens (tertiary/aromatic N) is 2. The quantitative estimate of drug-likeness (QED) is 0.913. The largest absolute Gasteiger partial charge is 0.418 e. The number of aromatic nitrogens is 2. The van der Waals surface area contributed by atoms with E-state index in [1.54, 1.807) is 30.2 Å². The SMILES string of the molecule is Cn1cc(CNc2ccccc2C(F)(F)F)cn1. The summed E-state index contributed by atoms with van der Waals surface area (Å²) >= 11 is 0. The zero-order chi connectivity index (χ0) is 13.2. The number of aryl methyl sites for hydroxylation is 1. The minimum atomic E-state index is -4.35. The van der Waals surface area contributed by atoms with Crippen molar-refractivity contribution in [1.29, 1.82) is 0 Å². The highest BCUT2D eigenvalue weighted by atomic mass is 19.4. The van der Waals surface area contributed by atoms with Crippen molar-refractivity contribution in [2.24, 2.45) is 7.05 Å². The summed E-state index contributed by atoms with van der Waals surface area (Å²) in [5, 5.41) is 6.73. The summed E-state index contributed by atoms with van der Waals surface area (Å²) in [6.45, 7) is 0.306. The van der Waals surface area contributed by atoms with Crippen LogP contribution >= 0.6 is 0 Å². The van der Waals surface area contributed by atoms with Crippen LogP contribution in [0.2, 0.25) is 0 Å². The molecular weight excluding hydrogens is 243 g/mol. The molecular formula is C12H12F3N3. The zero-order valence-corrected chi connectivity index (χ0v) is 9.70. The number of benzene rings is 1. The van der Waals surface area contributed by atoms with E-state index in [1.807, 2.05) is 0 Å². The van der Waals surface area contributed by atoms with Gasteiger partial charge in [0.2, 0.25) is 0 Å². The van der Waals surface area contributed by atoms with E-state index in [0.717, 1.165) is 11.6 Å². The van der Waals surface area contributed by atoms with Gasteiger partial charge in [0.1, 0.15) is 0 Å². The summed E-state index contributed by atoms with van der Waals surface area (Å²) in [6, 6.07) is 5.42. The maximum atomic E-state index is 12.7. The Bertz CT molecular complexity index is 531. The van der Waals surface area contributed by atoms with Gasteiger partial charge in [-0.2, -0.15) is 18.3 Å². The fraction of sp³-hybridized carbons (Fsp3) is 0.250. The van der Waals surface area contributed by atoms with Gasteiger partial charge in [-0.15, -0.1) is 0 Å². The molecule has 0 aliphatic heterocycles. The van der Waals surface area contributed by atoms with Crippen molar-refractivity contribution in [3.8, 4) is 0 Å². The maximum absolute atomic E-state index is 12.7. The zero-order valence-electron chi connectivity index (χ0n) is 9.70. The molecule has 0 saturated heterocycles. The van der Waals surface area contributed by atoms with Crippen LogP contribution in [-0.4, -0.2) is 9.78 Å². The molecule has 2 aromatic rings. The highest BCUT2D eigenvalue weighted by molar-refractivity contribution is 5.52. The average molecular weight is 255 g/mol. The highest BCUT2D eigenvalue weighted by Gasteiger charge is 2.32. The van der Waals surface area contributed by atoms with Gasteiger partial charge < -0.3 is 5.32 Å². The summed E-state index contributed by atoms with van der Waals surface area (Å²) < 4.78 is 39.8. The van der Waals surface area contributed by atoms with Crippen LogP contribution in [0, 0.1) is 0 Å². The standard InChI is InChI=1S/C12H12F3N3/c1-18-8-9(7-17-18)6-16-11-5-3-2-4-10(11)12(13,14)15/h2-5,7-8,16H,6H2,1H3. The molecule has 0 spiro atoms. The Morgan fingerprint density at radius 2 is 2.00 bits per heavy atom.